The third kappa shape index (κ3) is 5.67. The van der Waals surface area contributed by atoms with Gasteiger partial charge in [0.15, 0.2) is 0 Å². The molecule has 1 rings (SSSR count). The van der Waals surface area contributed by atoms with Crippen LogP contribution in [-0.2, 0) is 9.47 Å². The minimum Gasteiger partial charge on any atom is -0.411 e. The van der Waals surface area contributed by atoms with Crippen molar-refractivity contribution in [2.24, 2.45) is 0 Å². The SMILES string of the molecule is C[Si](O)(O)CCCOCC1CO1. The van der Waals surface area contributed by atoms with Gasteiger partial charge in [-0.1, -0.05) is 0 Å². The van der Waals surface area contributed by atoms with Crippen molar-refractivity contribution in [3.8, 4) is 0 Å². The number of epoxide rings is 1. The Morgan fingerprint density at radius 3 is 2.75 bits per heavy atom. The number of hydrogen-bond acceptors (Lipinski definition) is 4. The van der Waals surface area contributed by atoms with Crippen LogP contribution in [-0.4, -0.2) is 44.1 Å². The monoisotopic (exact) mass is 192 g/mol. The molecule has 72 valence electrons. The van der Waals surface area contributed by atoms with E-state index in [0.29, 0.717) is 25.4 Å². The van der Waals surface area contributed by atoms with Crippen molar-refractivity contribution in [1.29, 1.82) is 0 Å². The topological polar surface area (TPSA) is 62.2 Å². The fourth-order valence-corrected chi connectivity index (χ4v) is 1.70. The maximum absolute atomic E-state index is 9.05. The molecule has 1 aliphatic rings. The van der Waals surface area contributed by atoms with E-state index in [1.165, 1.54) is 6.55 Å². The Bertz CT molecular complexity index is 130. The van der Waals surface area contributed by atoms with Crippen molar-refractivity contribution < 1.29 is 19.1 Å². The molecule has 1 atom stereocenters. The minimum absolute atomic E-state index is 0.303. The molecule has 2 N–H and O–H groups in total. The molecular weight excluding hydrogens is 176 g/mol. The average molecular weight is 192 g/mol. The van der Waals surface area contributed by atoms with Crippen LogP contribution in [0.4, 0.5) is 0 Å². The summed E-state index contributed by atoms with van der Waals surface area (Å²) in [6.07, 6.45) is 1.03. The summed E-state index contributed by atoms with van der Waals surface area (Å²) in [4.78, 5) is 18.1. The van der Waals surface area contributed by atoms with Crippen molar-refractivity contribution in [2.45, 2.75) is 25.1 Å². The van der Waals surface area contributed by atoms with E-state index in [4.69, 9.17) is 19.1 Å². The Labute approximate surface area is 73.4 Å². The second kappa shape index (κ2) is 4.34. The molecule has 0 aromatic carbocycles. The number of ether oxygens (including phenoxy) is 2. The first-order chi connectivity index (χ1) is 5.58. The first-order valence-corrected chi connectivity index (χ1v) is 6.82. The van der Waals surface area contributed by atoms with Crippen LogP contribution in [0.1, 0.15) is 6.42 Å². The van der Waals surface area contributed by atoms with E-state index < -0.39 is 8.56 Å². The molecule has 4 nitrogen and oxygen atoms in total. The summed E-state index contributed by atoms with van der Waals surface area (Å²) in [6, 6.07) is 0.485. The second-order valence-corrected chi connectivity index (χ2v) is 6.28. The molecule has 0 saturated carbocycles. The zero-order valence-electron chi connectivity index (χ0n) is 7.32. The molecule has 12 heavy (non-hydrogen) atoms. The molecule has 5 heteroatoms. The average Bonchev–Trinajstić information content (AvgIpc) is 2.68. The fraction of sp³-hybridized carbons (Fsp3) is 1.00. The van der Waals surface area contributed by atoms with Crippen LogP contribution in [0.2, 0.25) is 12.6 Å². The van der Waals surface area contributed by atoms with Gasteiger partial charge in [0.1, 0.15) is 6.10 Å². The van der Waals surface area contributed by atoms with E-state index in [0.717, 1.165) is 13.0 Å². The predicted octanol–water partition coefficient (Wildman–Crippen LogP) is -0.152. The molecule has 0 spiro atoms. The molecule has 0 aromatic rings. The highest BCUT2D eigenvalue weighted by molar-refractivity contribution is 6.63. The summed E-state index contributed by atoms with van der Waals surface area (Å²) in [5.41, 5.74) is 0. The van der Waals surface area contributed by atoms with Crippen molar-refractivity contribution >= 4 is 8.56 Å². The molecule has 0 radical (unpaired) electrons. The van der Waals surface area contributed by atoms with E-state index in [1.807, 2.05) is 0 Å². The Balaban J connectivity index is 1.82. The Morgan fingerprint density at radius 1 is 1.58 bits per heavy atom. The normalized spacial score (nSPS) is 22.8. The summed E-state index contributed by atoms with van der Waals surface area (Å²) in [7, 11) is -2.83. The van der Waals surface area contributed by atoms with Crippen molar-refractivity contribution in [3.05, 3.63) is 0 Å². The smallest absolute Gasteiger partial charge is 0.329 e. The Hall–Kier alpha value is 0.0569. The van der Waals surface area contributed by atoms with Crippen LogP contribution in [0.5, 0.6) is 0 Å². The van der Waals surface area contributed by atoms with Gasteiger partial charge in [0.05, 0.1) is 13.2 Å². The maximum atomic E-state index is 9.05. The van der Waals surface area contributed by atoms with Gasteiger partial charge < -0.3 is 19.1 Å². The third-order valence-electron chi connectivity index (χ3n) is 1.65. The predicted molar refractivity (Wildman–Crippen MR) is 46.0 cm³/mol. The summed E-state index contributed by atoms with van der Waals surface area (Å²) < 4.78 is 10.2. The Morgan fingerprint density at radius 2 is 2.25 bits per heavy atom. The molecule has 1 heterocycles. The lowest BCUT2D eigenvalue weighted by atomic mass is 10.5. The summed E-state index contributed by atoms with van der Waals surface area (Å²) in [5.74, 6) is 0. The largest absolute Gasteiger partial charge is 0.411 e. The Kier molecular flexibility index (Phi) is 3.67. The van der Waals surface area contributed by atoms with Crippen LogP contribution in [0.25, 0.3) is 0 Å². The van der Waals surface area contributed by atoms with Crippen LogP contribution in [0, 0.1) is 0 Å². The lowest BCUT2D eigenvalue weighted by Gasteiger charge is -2.10. The molecule has 1 fully saturated rings. The van der Waals surface area contributed by atoms with Crippen LogP contribution in [0.15, 0.2) is 0 Å². The van der Waals surface area contributed by atoms with Gasteiger partial charge in [-0.25, -0.2) is 0 Å². The van der Waals surface area contributed by atoms with Crippen LogP contribution in [0.3, 0.4) is 0 Å². The first kappa shape index (κ1) is 10.1. The molecule has 0 aliphatic carbocycles. The van der Waals surface area contributed by atoms with E-state index >= 15 is 0 Å². The molecular formula is C7H16O4Si. The quantitative estimate of drug-likeness (QED) is 0.349. The first-order valence-electron chi connectivity index (χ1n) is 4.22. The molecule has 0 bridgehead atoms. The van der Waals surface area contributed by atoms with E-state index in [9.17, 15) is 0 Å². The fourth-order valence-electron chi connectivity index (χ4n) is 0.888. The van der Waals surface area contributed by atoms with Gasteiger partial charge in [-0.3, -0.25) is 0 Å². The van der Waals surface area contributed by atoms with E-state index in [1.54, 1.807) is 0 Å². The summed E-state index contributed by atoms with van der Waals surface area (Å²) in [6.45, 7) is 3.57. The number of hydrogen-bond donors (Lipinski definition) is 2. The van der Waals surface area contributed by atoms with Gasteiger partial charge in [0.25, 0.3) is 0 Å². The zero-order chi connectivity index (χ0) is 9.03. The highest BCUT2D eigenvalue weighted by Gasteiger charge is 2.23. The molecule has 1 unspecified atom stereocenters. The van der Waals surface area contributed by atoms with Crippen molar-refractivity contribution in [1.82, 2.24) is 0 Å². The van der Waals surface area contributed by atoms with Gasteiger partial charge in [-0.15, -0.1) is 0 Å². The summed E-state index contributed by atoms with van der Waals surface area (Å²) in [5, 5.41) is 0. The van der Waals surface area contributed by atoms with Gasteiger partial charge in [0.2, 0.25) is 0 Å². The molecule has 0 amide bonds. The lowest BCUT2D eigenvalue weighted by Crippen LogP contribution is -2.29. The molecule has 1 aliphatic heterocycles. The van der Waals surface area contributed by atoms with Gasteiger partial charge >= 0.3 is 8.56 Å². The molecule has 1 saturated heterocycles. The summed E-state index contributed by atoms with van der Waals surface area (Å²) >= 11 is 0. The molecule has 0 aromatic heterocycles. The van der Waals surface area contributed by atoms with Crippen molar-refractivity contribution in [3.63, 3.8) is 0 Å². The minimum atomic E-state index is -2.83. The number of rotatable bonds is 6. The highest BCUT2D eigenvalue weighted by atomic mass is 28.4. The standard InChI is InChI=1S/C7H16O4Si/c1-12(8,9)4-2-3-10-5-7-6-11-7/h7-9H,2-6H2,1H3. The zero-order valence-corrected chi connectivity index (χ0v) is 8.32. The van der Waals surface area contributed by atoms with Gasteiger partial charge in [-0.05, 0) is 19.0 Å². The van der Waals surface area contributed by atoms with Gasteiger partial charge in [-0.2, -0.15) is 0 Å². The third-order valence-corrected chi connectivity index (χ3v) is 2.95. The second-order valence-electron chi connectivity index (χ2n) is 3.35. The highest BCUT2D eigenvalue weighted by Crippen LogP contribution is 2.09. The lowest BCUT2D eigenvalue weighted by molar-refractivity contribution is 0.115. The maximum Gasteiger partial charge on any atom is 0.329 e. The van der Waals surface area contributed by atoms with Crippen molar-refractivity contribution in [2.75, 3.05) is 19.8 Å². The van der Waals surface area contributed by atoms with E-state index in [2.05, 4.69) is 0 Å². The van der Waals surface area contributed by atoms with Gasteiger partial charge in [0, 0.05) is 6.61 Å². The van der Waals surface area contributed by atoms with Crippen LogP contribution < -0.4 is 0 Å². The van der Waals surface area contributed by atoms with Crippen LogP contribution >= 0.6 is 0 Å². The van der Waals surface area contributed by atoms with E-state index in [-0.39, 0.29) is 0 Å².